The Bertz CT molecular complexity index is 1180. The fourth-order valence-corrected chi connectivity index (χ4v) is 2.97. The van der Waals surface area contributed by atoms with Crippen LogP contribution in [0.3, 0.4) is 0 Å². The van der Waals surface area contributed by atoms with Crippen molar-refractivity contribution in [1.29, 1.82) is 0 Å². The van der Waals surface area contributed by atoms with Crippen LogP contribution in [-0.2, 0) is 25.4 Å². The van der Waals surface area contributed by atoms with Crippen LogP contribution in [-0.4, -0.2) is 10.5 Å². The molecule has 1 N–H and O–H groups in total. The fraction of sp³-hybridized carbons (Fsp3) is 0.182. The summed E-state index contributed by atoms with van der Waals surface area (Å²) in [6.07, 6.45) is -8.42. The first kappa shape index (κ1) is 23.1. The smallest absolute Gasteiger partial charge is 0.348 e. The average Bonchev–Trinajstić information content (AvgIpc) is 2.72. The van der Waals surface area contributed by atoms with Crippen molar-refractivity contribution in [2.24, 2.45) is 0 Å². The second kappa shape index (κ2) is 8.89. The number of carbonyl (C=O) groups is 1. The number of nitrogens with one attached hydrogen (secondary N) is 1. The Labute approximate surface area is 178 Å². The number of pyridine rings is 1. The van der Waals surface area contributed by atoms with Crippen molar-refractivity contribution < 1.29 is 31.1 Å². The molecule has 0 saturated heterocycles. The standard InChI is InChI=1S/C22H16F6N2O2/c23-21(24,25)17-6-2-3-14(10-17)11-29-20(32)16-5-1-4-15(9-16)12-30-13-18(22(26,27)28)7-8-19(30)31/h1-10,13H,11-12H2,(H,29,32). The first-order valence-corrected chi connectivity index (χ1v) is 9.24. The maximum absolute atomic E-state index is 12.9. The number of halogens is 6. The van der Waals surface area contributed by atoms with E-state index in [0.29, 0.717) is 17.8 Å². The van der Waals surface area contributed by atoms with Crippen molar-refractivity contribution in [3.63, 3.8) is 0 Å². The molecule has 3 aromatic rings. The number of benzene rings is 2. The monoisotopic (exact) mass is 454 g/mol. The third-order valence-corrected chi connectivity index (χ3v) is 4.56. The predicted molar refractivity (Wildman–Crippen MR) is 104 cm³/mol. The molecule has 0 atom stereocenters. The van der Waals surface area contributed by atoms with Crippen molar-refractivity contribution in [3.05, 3.63) is 105 Å². The third-order valence-electron chi connectivity index (χ3n) is 4.56. The van der Waals surface area contributed by atoms with Crippen molar-refractivity contribution in [2.75, 3.05) is 0 Å². The zero-order chi connectivity index (χ0) is 23.5. The lowest BCUT2D eigenvalue weighted by Crippen LogP contribution is -2.24. The summed E-state index contributed by atoms with van der Waals surface area (Å²) < 4.78 is 78.0. The molecule has 0 bridgehead atoms. The molecule has 0 unspecified atom stereocenters. The second-order valence-corrected chi connectivity index (χ2v) is 6.96. The van der Waals surface area contributed by atoms with Gasteiger partial charge < -0.3 is 9.88 Å². The summed E-state index contributed by atoms with van der Waals surface area (Å²) >= 11 is 0. The summed E-state index contributed by atoms with van der Waals surface area (Å²) in [7, 11) is 0. The van der Waals surface area contributed by atoms with E-state index in [-0.39, 0.29) is 24.2 Å². The molecule has 4 nitrogen and oxygen atoms in total. The van der Waals surface area contributed by atoms with Gasteiger partial charge in [0, 0.05) is 24.4 Å². The van der Waals surface area contributed by atoms with Gasteiger partial charge in [-0.25, -0.2) is 0 Å². The van der Waals surface area contributed by atoms with Crippen LogP contribution in [0.2, 0.25) is 0 Å². The predicted octanol–water partition coefficient (Wildman–Crippen LogP) is 4.86. The van der Waals surface area contributed by atoms with E-state index < -0.39 is 34.9 Å². The van der Waals surface area contributed by atoms with Gasteiger partial charge in [-0.1, -0.05) is 24.3 Å². The van der Waals surface area contributed by atoms with Crippen LogP contribution >= 0.6 is 0 Å². The molecular weight excluding hydrogens is 438 g/mol. The van der Waals surface area contributed by atoms with E-state index in [1.165, 1.54) is 36.4 Å². The van der Waals surface area contributed by atoms with Crippen molar-refractivity contribution in [1.82, 2.24) is 9.88 Å². The van der Waals surface area contributed by atoms with Crippen LogP contribution in [0.4, 0.5) is 26.3 Å². The first-order valence-electron chi connectivity index (χ1n) is 9.24. The Hall–Kier alpha value is -3.56. The number of nitrogens with zero attached hydrogens (tertiary/aromatic N) is 1. The quantitative estimate of drug-likeness (QED) is 0.560. The Balaban J connectivity index is 1.73. The van der Waals surface area contributed by atoms with Crippen molar-refractivity contribution in [2.45, 2.75) is 25.4 Å². The zero-order valence-corrected chi connectivity index (χ0v) is 16.3. The molecular formula is C22H16F6N2O2. The Morgan fingerprint density at radius 1 is 0.812 bits per heavy atom. The van der Waals surface area contributed by atoms with Gasteiger partial charge in [0.05, 0.1) is 17.7 Å². The first-order chi connectivity index (χ1) is 14.9. The summed E-state index contributed by atoms with van der Waals surface area (Å²) in [4.78, 5) is 24.3. The molecule has 0 aliphatic rings. The second-order valence-electron chi connectivity index (χ2n) is 6.96. The SMILES string of the molecule is O=C(NCc1cccc(C(F)(F)F)c1)c1cccc(Cn2cc(C(F)(F)F)ccc2=O)c1. The molecule has 0 saturated carbocycles. The molecule has 3 rings (SSSR count). The Morgan fingerprint density at radius 3 is 2.16 bits per heavy atom. The van der Waals surface area contributed by atoms with Gasteiger partial charge >= 0.3 is 12.4 Å². The molecule has 1 heterocycles. The van der Waals surface area contributed by atoms with Crippen LogP contribution in [0.15, 0.2) is 71.7 Å². The van der Waals surface area contributed by atoms with E-state index in [2.05, 4.69) is 5.32 Å². The largest absolute Gasteiger partial charge is 0.417 e. The van der Waals surface area contributed by atoms with Gasteiger partial charge in [-0.15, -0.1) is 0 Å². The molecule has 32 heavy (non-hydrogen) atoms. The normalized spacial score (nSPS) is 11.9. The molecule has 0 aliphatic carbocycles. The van der Waals surface area contributed by atoms with Gasteiger partial charge in [0.1, 0.15) is 0 Å². The minimum Gasteiger partial charge on any atom is -0.348 e. The Kier molecular flexibility index (Phi) is 6.42. The molecule has 0 radical (unpaired) electrons. The molecule has 1 amide bonds. The summed E-state index contributed by atoms with van der Waals surface area (Å²) in [6.45, 7) is -0.350. The van der Waals surface area contributed by atoms with Gasteiger partial charge in [0.2, 0.25) is 0 Å². The maximum atomic E-state index is 12.9. The van der Waals surface area contributed by atoms with E-state index in [4.69, 9.17) is 0 Å². The zero-order valence-electron chi connectivity index (χ0n) is 16.3. The van der Waals surface area contributed by atoms with Crippen LogP contribution in [0.5, 0.6) is 0 Å². The molecule has 168 valence electrons. The highest BCUT2D eigenvalue weighted by Crippen LogP contribution is 2.30. The van der Waals surface area contributed by atoms with Crippen LogP contribution in [0, 0.1) is 0 Å². The number of carbonyl (C=O) groups excluding carboxylic acids is 1. The molecule has 0 fully saturated rings. The lowest BCUT2D eigenvalue weighted by atomic mass is 10.1. The van der Waals surface area contributed by atoms with Gasteiger partial charge in [-0.3, -0.25) is 9.59 Å². The molecule has 10 heteroatoms. The number of rotatable bonds is 5. The van der Waals surface area contributed by atoms with Crippen LogP contribution in [0.25, 0.3) is 0 Å². The van der Waals surface area contributed by atoms with Gasteiger partial charge in [-0.2, -0.15) is 26.3 Å². The van der Waals surface area contributed by atoms with Crippen molar-refractivity contribution >= 4 is 5.91 Å². The molecule has 0 spiro atoms. The van der Waals surface area contributed by atoms with Crippen molar-refractivity contribution in [3.8, 4) is 0 Å². The summed E-state index contributed by atoms with van der Waals surface area (Å²) in [5.74, 6) is -0.583. The molecule has 0 aliphatic heterocycles. The lowest BCUT2D eigenvalue weighted by molar-refractivity contribution is -0.138. The minimum atomic E-state index is -4.61. The highest BCUT2D eigenvalue weighted by atomic mass is 19.4. The average molecular weight is 454 g/mol. The highest BCUT2D eigenvalue weighted by molar-refractivity contribution is 5.94. The maximum Gasteiger partial charge on any atom is 0.417 e. The summed E-state index contributed by atoms with van der Waals surface area (Å²) in [5, 5.41) is 2.50. The number of aromatic nitrogens is 1. The van der Waals surface area contributed by atoms with Crippen LogP contribution < -0.4 is 10.9 Å². The van der Waals surface area contributed by atoms with Gasteiger partial charge in [0.25, 0.3) is 11.5 Å². The lowest BCUT2D eigenvalue weighted by Gasteiger charge is -2.12. The number of hydrogen-bond donors (Lipinski definition) is 1. The topological polar surface area (TPSA) is 51.1 Å². The number of hydrogen-bond acceptors (Lipinski definition) is 2. The fourth-order valence-electron chi connectivity index (χ4n) is 2.97. The van der Waals surface area contributed by atoms with E-state index in [9.17, 15) is 35.9 Å². The molecule has 1 aromatic heterocycles. The van der Waals surface area contributed by atoms with E-state index in [1.807, 2.05) is 0 Å². The van der Waals surface area contributed by atoms with Gasteiger partial charge in [0.15, 0.2) is 0 Å². The van der Waals surface area contributed by atoms with E-state index in [1.54, 1.807) is 0 Å². The highest BCUT2D eigenvalue weighted by Gasteiger charge is 2.31. The van der Waals surface area contributed by atoms with Gasteiger partial charge in [-0.05, 0) is 41.5 Å². The third kappa shape index (κ3) is 5.77. The minimum absolute atomic E-state index is 0.148. The number of alkyl halides is 6. The Morgan fingerprint density at radius 2 is 1.47 bits per heavy atom. The van der Waals surface area contributed by atoms with Crippen LogP contribution in [0.1, 0.15) is 32.6 Å². The van der Waals surface area contributed by atoms with E-state index >= 15 is 0 Å². The summed E-state index contributed by atoms with van der Waals surface area (Å²) in [6, 6.07) is 11.9. The number of amides is 1. The molecule has 2 aromatic carbocycles. The summed E-state index contributed by atoms with van der Waals surface area (Å²) in [5.41, 5.74) is -1.66. The van der Waals surface area contributed by atoms with E-state index in [0.717, 1.165) is 22.8 Å².